The predicted molar refractivity (Wildman–Crippen MR) is 85.8 cm³/mol. The maximum absolute atomic E-state index is 10.9. The van der Waals surface area contributed by atoms with Crippen LogP contribution >= 0.6 is 11.6 Å². The fourth-order valence-electron chi connectivity index (χ4n) is 2.16. The Balaban J connectivity index is 1.99. The van der Waals surface area contributed by atoms with Crippen molar-refractivity contribution < 1.29 is 10.0 Å². The van der Waals surface area contributed by atoms with Crippen molar-refractivity contribution in [2.75, 3.05) is 6.54 Å². The minimum Gasteiger partial charge on any atom is -0.384 e. The van der Waals surface area contributed by atoms with Crippen LogP contribution in [-0.2, 0) is 12.1 Å². The zero-order chi connectivity index (χ0) is 16.2. The van der Waals surface area contributed by atoms with E-state index in [-0.39, 0.29) is 10.7 Å². The van der Waals surface area contributed by atoms with E-state index in [1.807, 2.05) is 30.3 Å². The molecule has 0 saturated heterocycles. The summed E-state index contributed by atoms with van der Waals surface area (Å²) in [6.45, 7) is 2.45. The van der Waals surface area contributed by atoms with Crippen LogP contribution in [-0.4, -0.2) is 16.6 Å². The Morgan fingerprint density at radius 1 is 1.27 bits per heavy atom. The molecule has 0 aliphatic rings. The van der Waals surface area contributed by atoms with Crippen molar-refractivity contribution in [1.82, 2.24) is 5.32 Å². The van der Waals surface area contributed by atoms with E-state index in [1.165, 1.54) is 12.1 Å². The first kappa shape index (κ1) is 16.4. The van der Waals surface area contributed by atoms with Gasteiger partial charge in [-0.3, -0.25) is 10.1 Å². The van der Waals surface area contributed by atoms with Gasteiger partial charge in [0.25, 0.3) is 5.69 Å². The lowest BCUT2D eigenvalue weighted by Gasteiger charge is -2.24. The van der Waals surface area contributed by atoms with Crippen LogP contribution < -0.4 is 5.32 Å². The number of nitro benzene ring substituents is 1. The molecule has 0 aromatic heterocycles. The average Bonchev–Trinajstić information content (AvgIpc) is 2.49. The van der Waals surface area contributed by atoms with Crippen LogP contribution in [0.2, 0.25) is 5.02 Å². The average molecular weight is 321 g/mol. The molecular weight excluding hydrogens is 304 g/mol. The SMILES string of the molecule is CC(O)(CNCc1ccc(Cl)c([N+](=O)[O-])c1)c1ccccc1. The summed E-state index contributed by atoms with van der Waals surface area (Å²) in [7, 11) is 0. The Labute approximate surface area is 133 Å². The number of hydrogen-bond acceptors (Lipinski definition) is 4. The topological polar surface area (TPSA) is 75.4 Å². The van der Waals surface area contributed by atoms with Crippen LogP contribution in [0.1, 0.15) is 18.1 Å². The molecule has 6 heteroatoms. The molecule has 0 spiro atoms. The highest BCUT2D eigenvalue weighted by atomic mass is 35.5. The van der Waals surface area contributed by atoms with Crippen molar-refractivity contribution in [1.29, 1.82) is 0 Å². The molecule has 0 saturated carbocycles. The van der Waals surface area contributed by atoms with Crippen molar-refractivity contribution >= 4 is 17.3 Å². The molecule has 2 aromatic rings. The maximum atomic E-state index is 10.9. The third-order valence-corrected chi connectivity index (χ3v) is 3.72. The third kappa shape index (κ3) is 4.04. The van der Waals surface area contributed by atoms with Gasteiger partial charge in [0, 0.05) is 19.2 Å². The normalized spacial score (nSPS) is 13.6. The van der Waals surface area contributed by atoms with Crippen molar-refractivity contribution in [2.24, 2.45) is 0 Å². The number of benzene rings is 2. The Morgan fingerprint density at radius 3 is 2.59 bits per heavy atom. The zero-order valence-electron chi connectivity index (χ0n) is 12.1. The number of nitrogens with one attached hydrogen (secondary N) is 1. The minimum absolute atomic E-state index is 0.115. The fourth-order valence-corrected chi connectivity index (χ4v) is 2.34. The number of nitro groups is 1. The highest BCUT2D eigenvalue weighted by Crippen LogP contribution is 2.25. The highest BCUT2D eigenvalue weighted by Gasteiger charge is 2.22. The fraction of sp³-hybridized carbons (Fsp3) is 0.250. The summed E-state index contributed by atoms with van der Waals surface area (Å²) in [4.78, 5) is 10.3. The van der Waals surface area contributed by atoms with Gasteiger partial charge in [0.1, 0.15) is 5.02 Å². The van der Waals surface area contributed by atoms with Gasteiger partial charge in [-0.05, 0) is 24.1 Å². The lowest BCUT2D eigenvalue weighted by Crippen LogP contribution is -2.35. The summed E-state index contributed by atoms with van der Waals surface area (Å²) in [5.41, 5.74) is 0.417. The molecule has 0 radical (unpaired) electrons. The van der Waals surface area contributed by atoms with Crippen LogP contribution in [0.15, 0.2) is 48.5 Å². The highest BCUT2D eigenvalue weighted by molar-refractivity contribution is 6.32. The summed E-state index contributed by atoms with van der Waals surface area (Å²) in [6, 6.07) is 14.0. The van der Waals surface area contributed by atoms with Crippen LogP contribution in [0.3, 0.4) is 0 Å². The molecule has 0 amide bonds. The zero-order valence-corrected chi connectivity index (χ0v) is 12.9. The summed E-state index contributed by atoms with van der Waals surface area (Å²) >= 11 is 5.78. The Kier molecular flexibility index (Phi) is 5.13. The van der Waals surface area contributed by atoms with E-state index in [2.05, 4.69) is 5.32 Å². The molecule has 0 aliphatic carbocycles. The quantitative estimate of drug-likeness (QED) is 0.633. The van der Waals surface area contributed by atoms with Crippen LogP contribution in [0.25, 0.3) is 0 Å². The van der Waals surface area contributed by atoms with E-state index in [1.54, 1.807) is 13.0 Å². The number of hydrogen-bond donors (Lipinski definition) is 2. The molecule has 22 heavy (non-hydrogen) atoms. The summed E-state index contributed by atoms with van der Waals surface area (Å²) in [5, 5.41) is 24.5. The molecule has 2 N–H and O–H groups in total. The van der Waals surface area contributed by atoms with Crippen LogP contribution in [0.4, 0.5) is 5.69 Å². The summed E-state index contributed by atoms with van der Waals surface area (Å²) in [6.07, 6.45) is 0. The molecule has 1 unspecified atom stereocenters. The summed E-state index contributed by atoms with van der Waals surface area (Å²) < 4.78 is 0. The van der Waals surface area contributed by atoms with Gasteiger partial charge in [0.05, 0.1) is 10.5 Å². The molecule has 2 aromatic carbocycles. The van der Waals surface area contributed by atoms with E-state index in [0.717, 1.165) is 11.1 Å². The molecule has 0 bridgehead atoms. The largest absolute Gasteiger partial charge is 0.384 e. The monoisotopic (exact) mass is 320 g/mol. The van der Waals surface area contributed by atoms with E-state index >= 15 is 0 Å². The van der Waals surface area contributed by atoms with E-state index in [0.29, 0.717) is 13.1 Å². The summed E-state index contributed by atoms with van der Waals surface area (Å²) in [5.74, 6) is 0. The predicted octanol–water partition coefficient (Wildman–Crippen LogP) is 3.25. The smallest absolute Gasteiger partial charge is 0.288 e. The van der Waals surface area contributed by atoms with Crippen molar-refractivity contribution in [3.05, 3.63) is 74.8 Å². The lowest BCUT2D eigenvalue weighted by atomic mass is 9.96. The van der Waals surface area contributed by atoms with Crippen molar-refractivity contribution in [2.45, 2.75) is 19.1 Å². The number of nitrogens with zero attached hydrogens (tertiary/aromatic N) is 1. The van der Waals surface area contributed by atoms with Gasteiger partial charge >= 0.3 is 0 Å². The van der Waals surface area contributed by atoms with Crippen LogP contribution in [0.5, 0.6) is 0 Å². The number of rotatable bonds is 6. The molecule has 1 atom stereocenters. The van der Waals surface area contributed by atoms with Gasteiger partial charge in [0.2, 0.25) is 0 Å². The van der Waals surface area contributed by atoms with Gasteiger partial charge in [-0.2, -0.15) is 0 Å². The van der Waals surface area contributed by atoms with Gasteiger partial charge in [-0.15, -0.1) is 0 Å². The maximum Gasteiger partial charge on any atom is 0.288 e. The standard InChI is InChI=1S/C16H17ClN2O3/c1-16(20,13-5-3-2-4-6-13)11-18-10-12-7-8-14(17)15(9-12)19(21)22/h2-9,18,20H,10-11H2,1H3. The molecule has 2 rings (SSSR count). The molecular formula is C16H17ClN2O3. The second-order valence-electron chi connectivity index (χ2n) is 5.29. The third-order valence-electron chi connectivity index (χ3n) is 3.40. The molecule has 0 aliphatic heterocycles. The van der Waals surface area contributed by atoms with Gasteiger partial charge in [-0.1, -0.05) is 48.0 Å². The second kappa shape index (κ2) is 6.87. The molecule has 116 valence electrons. The first-order valence-electron chi connectivity index (χ1n) is 6.81. The molecule has 0 fully saturated rings. The molecule has 0 heterocycles. The van der Waals surface area contributed by atoms with E-state index in [9.17, 15) is 15.2 Å². The van der Waals surface area contributed by atoms with Crippen molar-refractivity contribution in [3.63, 3.8) is 0 Å². The van der Waals surface area contributed by atoms with E-state index in [4.69, 9.17) is 11.6 Å². The first-order chi connectivity index (χ1) is 10.4. The van der Waals surface area contributed by atoms with E-state index < -0.39 is 10.5 Å². The minimum atomic E-state index is -1.01. The second-order valence-corrected chi connectivity index (χ2v) is 5.69. The van der Waals surface area contributed by atoms with Crippen molar-refractivity contribution in [3.8, 4) is 0 Å². The van der Waals surface area contributed by atoms with Gasteiger partial charge in [0.15, 0.2) is 0 Å². The Morgan fingerprint density at radius 2 is 1.95 bits per heavy atom. The van der Waals surface area contributed by atoms with Gasteiger partial charge in [-0.25, -0.2) is 0 Å². The number of halogens is 1. The number of aliphatic hydroxyl groups is 1. The van der Waals surface area contributed by atoms with Gasteiger partial charge < -0.3 is 10.4 Å². The molecule has 5 nitrogen and oxygen atoms in total. The Hall–Kier alpha value is -1.95. The van der Waals surface area contributed by atoms with Crippen LogP contribution in [0, 0.1) is 10.1 Å². The first-order valence-corrected chi connectivity index (χ1v) is 7.19. The Bertz CT molecular complexity index is 660. The lowest BCUT2D eigenvalue weighted by molar-refractivity contribution is -0.384.